The third-order valence-electron chi connectivity index (χ3n) is 7.84. The summed E-state index contributed by atoms with van der Waals surface area (Å²) in [4.78, 5) is 0. The fourth-order valence-corrected chi connectivity index (χ4v) is 9.52. The lowest BCUT2D eigenvalue weighted by molar-refractivity contribution is -0.0151. The summed E-state index contributed by atoms with van der Waals surface area (Å²) < 4.78 is 26.0. The zero-order valence-electron chi connectivity index (χ0n) is 24.0. The van der Waals surface area contributed by atoms with Gasteiger partial charge in [0, 0.05) is 11.0 Å². The molecule has 4 rings (SSSR count). The zero-order chi connectivity index (χ0) is 26.0. The van der Waals surface area contributed by atoms with E-state index in [-0.39, 0.29) is 11.5 Å². The molecule has 0 spiro atoms. The minimum atomic E-state index is -1.74. The Bertz CT molecular complexity index is 986. The Morgan fingerprint density at radius 2 is 1.51 bits per heavy atom. The average molecular weight is 533 g/mol. The second kappa shape index (κ2) is 9.07. The highest BCUT2D eigenvalue weighted by molar-refractivity contribution is 6.71. The van der Waals surface area contributed by atoms with Crippen LogP contribution in [0.4, 0.5) is 0 Å². The Morgan fingerprint density at radius 3 is 2.09 bits per heavy atom. The van der Waals surface area contributed by atoms with Gasteiger partial charge in [-0.3, -0.25) is 0 Å². The lowest BCUT2D eigenvalue weighted by atomic mass is 9.55. The molecule has 1 fully saturated rings. The van der Waals surface area contributed by atoms with E-state index in [1.165, 1.54) is 24.0 Å². The quantitative estimate of drug-likeness (QED) is 0.334. The SMILES string of the molecule is COc1c(O[Si](C)(C)C)ccc2c1CCC1C2CCC2(C)C1C=C(O[Si](C)(C)C)[C@H]2O[Si](C)(C)C. The summed E-state index contributed by atoms with van der Waals surface area (Å²) in [5, 5.41) is 0. The van der Waals surface area contributed by atoms with Gasteiger partial charge in [-0.05, 0) is 120 Å². The Balaban J connectivity index is 1.70. The molecule has 196 valence electrons. The first-order chi connectivity index (χ1) is 16.0. The first-order valence-electron chi connectivity index (χ1n) is 13.5. The van der Waals surface area contributed by atoms with Crippen molar-refractivity contribution in [3.05, 3.63) is 35.1 Å². The van der Waals surface area contributed by atoms with Crippen molar-refractivity contribution in [1.82, 2.24) is 0 Å². The summed E-state index contributed by atoms with van der Waals surface area (Å²) >= 11 is 0. The van der Waals surface area contributed by atoms with Crippen LogP contribution in [0, 0.1) is 17.3 Å². The molecule has 3 aliphatic carbocycles. The topological polar surface area (TPSA) is 36.9 Å². The Hall–Kier alpha value is -1.03. The molecule has 0 heterocycles. The fraction of sp³-hybridized carbons (Fsp3) is 0.714. The monoisotopic (exact) mass is 532 g/mol. The van der Waals surface area contributed by atoms with Crippen LogP contribution in [0.2, 0.25) is 58.9 Å². The van der Waals surface area contributed by atoms with Crippen molar-refractivity contribution in [2.45, 2.75) is 104 Å². The van der Waals surface area contributed by atoms with Crippen molar-refractivity contribution in [2.75, 3.05) is 7.11 Å². The molecule has 0 radical (unpaired) electrons. The van der Waals surface area contributed by atoms with E-state index in [1.807, 2.05) is 0 Å². The van der Waals surface area contributed by atoms with Gasteiger partial charge in [0.25, 0.3) is 0 Å². The van der Waals surface area contributed by atoms with Crippen LogP contribution in [0.25, 0.3) is 0 Å². The predicted molar refractivity (Wildman–Crippen MR) is 153 cm³/mol. The van der Waals surface area contributed by atoms with E-state index in [2.05, 4.69) is 84.1 Å². The van der Waals surface area contributed by atoms with Gasteiger partial charge in [0.1, 0.15) is 17.6 Å². The minimum Gasteiger partial charge on any atom is -0.546 e. The van der Waals surface area contributed by atoms with Crippen LogP contribution in [0.3, 0.4) is 0 Å². The van der Waals surface area contributed by atoms with Gasteiger partial charge >= 0.3 is 0 Å². The standard InChI is InChI=1S/C28H48O4Si3/c1-28-17-16-20-19-14-15-24(30-33(3,4)5)26(29-2)22(19)13-12-21(20)23(28)18-25(31-34(6,7)8)27(28)32-35(9,10)11/h14-15,18,20-21,23,27H,12-13,16-17H2,1-11H3/t20?,21?,23?,27-,28?/m1/s1. The van der Waals surface area contributed by atoms with Crippen molar-refractivity contribution >= 4 is 25.0 Å². The smallest absolute Gasteiger partial charge is 0.242 e. The van der Waals surface area contributed by atoms with E-state index in [0.717, 1.165) is 30.1 Å². The molecule has 0 amide bonds. The van der Waals surface area contributed by atoms with Gasteiger partial charge in [0.05, 0.1) is 7.11 Å². The second-order valence-corrected chi connectivity index (χ2v) is 27.5. The highest BCUT2D eigenvalue weighted by atomic mass is 28.4. The number of hydrogen-bond acceptors (Lipinski definition) is 4. The van der Waals surface area contributed by atoms with E-state index in [4.69, 9.17) is 18.0 Å². The molecule has 1 saturated carbocycles. The van der Waals surface area contributed by atoms with E-state index in [9.17, 15) is 0 Å². The minimum absolute atomic E-state index is 0.0929. The maximum absolute atomic E-state index is 6.91. The number of benzene rings is 1. The third-order valence-corrected chi connectivity index (χ3v) is 10.5. The van der Waals surface area contributed by atoms with Crippen molar-refractivity contribution in [2.24, 2.45) is 17.3 Å². The molecule has 0 aliphatic heterocycles. The maximum Gasteiger partial charge on any atom is 0.242 e. The van der Waals surface area contributed by atoms with Crippen molar-refractivity contribution in [1.29, 1.82) is 0 Å². The van der Waals surface area contributed by atoms with Crippen LogP contribution in [0.1, 0.15) is 43.2 Å². The molecule has 0 N–H and O–H groups in total. The largest absolute Gasteiger partial charge is 0.546 e. The second-order valence-electron chi connectivity index (χ2n) is 14.2. The van der Waals surface area contributed by atoms with E-state index in [1.54, 1.807) is 7.11 Å². The Labute approximate surface area is 217 Å². The summed E-state index contributed by atoms with van der Waals surface area (Å²) in [7, 11) is -3.39. The highest BCUT2D eigenvalue weighted by Crippen LogP contribution is 2.62. The molecule has 3 aliphatic rings. The Kier molecular flexibility index (Phi) is 7.00. The molecule has 35 heavy (non-hydrogen) atoms. The first-order valence-corrected chi connectivity index (χ1v) is 23.7. The van der Waals surface area contributed by atoms with E-state index >= 15 is 0 Å². The molecular weight excluding hydrogens is 485 g/mol. The number of ether oxygens (including phenoxy) is 1. The molecule has 1 aromatic rings. The van der Waals surface area contributed by atoms with Crippen molar-refractivity contribution < 1.29 is 18.0 Å². The van der Waals surface area contributed by atoms with Gasteiger partial charge in [-0.25, -0.2) is 0 Å². The molecule has 5 atom stereocenters. The number of rotatable bonds is 7. The summed E-state index contributed by atoms with van der Waals surface area (Å²) in [5.74, 6) is 4.71. The average Bonchev–Trinajstić information content (AvgIpc) is 2.95. The number of allylic oxidation sites excluding steroid dienone is 1. The highest BCUT2D eigenvalue weighted by Gasteiger charge is 2.57. The van der Waals surface area contributed by atoms with Crippen LogP contribution in [-0.4, -0.2) is 38.2 Å². The number of fused-ring (bicyclic) bond motifs is 5. The molecule has 1 aromatic carbocycles. The molecule has 7 heteroatoms. The van der Waals surface area contributed by atoms with Gasteiger partial charge in [-0.15, -0.1) is 0 Å². The van der Waals surface area contributed by atoms with Gasteiger partial charge in [-0.1, -0.05) is 13.0 Å². The van der Waals surface area contributed by atoms with Crippen LogP contribution in [-0.2, 0) is 15.3 Å². The molecule has 0 bridgehead atoms. The molecule has 0 aromatic heterocycles. The van der Waals surface area contributed by atoms with Gasteiger partial charge in [0.15, 0.2) is 14.1 Å². The van der Waals surface area contributed by atoms with Crippen molar-refractivity contribution in [3.63, 3.8) is 0 Å². The number of methoxy groups -OCH3 is 1. The summed E-state index contributed by atoms with van der Waals surface area (Å²) in [6.45, 7) is 23.0. The normalized spacial score (nSPS) is 30.7. The predicted octanol–water partition coefficient (Wildman–Crippen LogP) is 7.94. The maximum atomic E-state index is 6.91. The van der Waals surface area contributed by atoms with E-state index in [0.29, 0.717) is 17.8 Å². The van der Waals surface area contributed by atoms with Crippen LogP contribution >= 0.6 is 0 Å². The third kappa shape index (κ3) is 5.48. The fourth-order valence-electron chi connectivity index (χ4n) is 6.72. The summed E-state index contributed by atoms with van der Waals surface area (Å²) in [6.07, 6.45) is 7.19. The molecule has 0 saturated heterocycles. The van der Waals surface area contributed by atoms with Crippen LogP contribution in [0.15, 0.2) is 24.0 Å². The lowest BCUT2D eigenvalue weighted by Crippen LogP contribution is -2.49. The molecular formula is C28H48O4Si3. The summed E-state index contributed by atoms with van der Waals surface area (Å²) in [5.41, 5.74) is 2.97. The van der Waals surface area contributed by atoms with Crippen LogP contribution < -0.4 is 9.16 Å². The molecule has 4 nitrogen and oxygen atoms in total. The van der Waals surface area contributed by atoms with Crippen molar-refractivity contribution in [3.8, 4) is 11.5 Å². The summed E-state index contributed by atoms with van der Waals surface area (Å²) in [6, 6.07) is 4.52. The van der Waals surface area contributed by atoms with Gasteiger partial charge in [0.2, 0.25) is 16.6 Å². The lowest BCUT2D eigenvalue weighted by Gasteiger charge is -2.51. The number of hydrogen-bond donors (Lipinski definition) is 0. The Morgan fingerprint density at radius 1 is 0.857 bits per heavy atom. The molecule has 4 unspecified atom stereocenters. The van der Waals surface area contributed by atoms with E-state index < -0.39 is 25.0 Å². The van der Waals surface area contributed by atoms with Crippen LogP contribution in [0.5, 0.6) is 11.5 Å². The first kappa shape index (κ1) is 27.0. The van der Waals surface area contributed by atoms with Gasteiger partial charge in [-0.2, -0.15) is 0 Å². The zero-order valence-corrected chi connectivity index (χ0v) is 27.0. The van der Waals surface area contributed by atoms with Gasteiger partial charge < -0.3 is 18.0 Å².